The third-order valence-electron chi connectivity index (χ3n) is 2.38. The molecule has 0 aromatic heterocycles. The number of hydrogen-bond acceptors (Lipinski definition) is 4. The molecule has 15 heavy (non-hydrogen) atoms. The summed E-state index contributed by atoms with van der Waals surface area (Å²) in [6.45, 7) is 0. The van der Waals surface area contributed by atoms with E-state index in [2.05, 4.69) is 10.5 Å². The van der Waals surface area contributed by atoms with E-state index in [1.165, 1.54) is 11.1 Å². The average molecular weight is 196 g/mol. The van der Waals surface area contributed by atoms with Crippen LogP contribution in [-0.4, -0.2) is 5.71 Å². The van der Waals surface area contributed by atoms with Gasteiger partial charge in [-0.15, -0.1) is 0 Å². The van der Waals surface area contributed by atoms with E-state index in [9.17, 15) is 0 Å². The largest absolute Gasteiger partial charge is 0.277 e. The topological polar surface area (TPSA) is 72.0 Å². The van der Waals surface area contributed by atoms with E-state index >= 15 is 0 Å². The van der Waals surface area contributed by atoms with Crippen LogP contribution in [-0.2, 0) is 12.8 Å². The lowest BCUT2D eigenvalue weighted by molar-refractivity contribution is 0.840. The minimum absolute atomic E-state index is 0.169. The molecule has 1 aliphatic rings. The number of benzene rings is 1. The second-order valence-electron chi connectivity index (χ2n) is 3.28. The first-order valence-corrected chi connectivity index (χ1v) is 4.59. The summed E-state index contributed by atoms with van der Waals surface area (Å²) < 4.78 is 0. The molecule has 1 aliphatic carbocycles. The third kappa shape index (κ3) is 1.79. The molecule has 0 radical (unpaired) electrons. The highest BCUT2D eigenvalue weighted by Crippen LogP contribution is 2.25. The van der Waals surface area contributed by atoms with Crippen molar-refractivity contribution in [1.29, 1.82) is 10.5 Å². The lowest BCUT2D eigenvalue weighted by atomic mass is 9.88. The van der Waals surface area contributed by atoms with Gasteiger partial charge in [0.25, 0.3) is 0 Å². The van der Waals surface area contributed by atoms with Crippen molar-refractivity contribution in [2.75, 3.05) is 5.43 Å². The first kappa shape index (κ1) is 9.23. The highest BCUT2D eigenvalue weighted by molar-refractivity contribution is 6.10. The Morgan fingerprint density at radius 1 is 1.20 bits per heavy atom. The summed E-state index contributed by atoms with van der Waals surface area (Å²) in [4.78, 5) is 0. The predicted molar refractivity (Wildman–Crippen MR) is 56.1 cm³/mol. The van der Waals surface area contributed by atoms with Crippen molar-refractivity contribution < 1.29 is 0 Å². The van der Waals surface area contributed by atoms with Gasteiger partial charge in [0.2, 0.25) is 5.71 Å². The maximum absolute atomic E-state index is 8.47. The molecule has 1 N–H and O–H groups in total. The van der Waals surface area contributed by atoms with Gasteiger partial charge in [-0.1, -0.05) is 6.07 Å². The quantitative estimate of drug-likeness (QED) is 0.576. The normalized spacial score (nSPS) is 11.3. The Hall–Kier alpha value is -2.33. The van der Waals surface area contributed by atoms with Gasteiger partial charge in [0, 0.05) is 0 Å². The predicted octanol–water partition coefficient (Wildman–Crippen LogP) is 1.60. The zero-order chi connectivity index (χ0) is 10.7. The molecule has 1 aromatic rings. The Morgan fingerprint density at radius 3 is 2.47 bits per heavy atom. The minimum Gasteiger partial charge on any atom is -0.277 e. The van der Waals surface area contributed by atoms with E-state index in [0.29, 0.717) is 0 Å². The molecule has 0 saturated heterocycles. The van der Waals surface area contributed by atoms with Crippen molar-refractivity contribution in [3.8, 4) is 12.1 Å². The smallest absolute Gasteiger partial charge is 0.237 e. The lowest BCUT2D eigenvalue weighted by Crippen LogP contribution is -2.08. The molecule has 2 rings (SSSR count). The molecule has 0 spiro atoms. The van der Waals surface area contributed by atoms with Gasteiger partial charge >= 0.3 is 0 Å². The standard InChI is InChI=1S/C11H8N4/c12-6-11(7-13)15-14-10-4-3-8-1-2-9(8)5-10/h3-5,14H,1-2H2. The number of rotatable bonds is 2. The molecule has 0 atom stereocenters. The summed E-state index contributed by atoms with van der Waals surface area (Å²) in [7, 11) is 0. The zero-order valence-corrected chi connectivity index (χ0v) is 7.99. The Bertz CT molecular complexity index is 486. The number of hydrogen-bond donors (Lipinski definition) is 1. The van der Waals surface area contributed by atoms with E-state index in [4.69, 9.17) is 10.5 Å². The van der Waals surface area contributed by atoms with Crippen LogP contribution in [0.5, 0.6) is 0 Å². The number of fused-ring (bicyclic) bond motifs is 1. The van der Waals surface area contributed by atoms with Crippen LogP contribution in [0, 0.1) is 22.7 Å². The fourth-order valence-corrected chi connectivity index (χ4v) is 1.46. The van der Waals surface area contributed by atoms with Gasteiger partial charge in [0.05, 0.1) is 5.69 Å². The number of anilines is 1. The summed E-state index contributed by atoms with van der Waals surface area (Å²) in [5.41, 5.74) is 6.02. The molecule has 0 aliphatic heterocycles. The third-order valence-corrected chi connectivity index (χ3v) is 2.38. The average Bonchev–Trinajstić information content (AvgIpc) is 2.23. The summed E-state index contributed by atoms with van der Waals surface area (Å²) in [5.74, 6) is 0. The molecular weight excluding hydrogens is 188 g/mol. The molecule has 0 fully saturated rings. The van der Waals surface area contributed by atoms with E-state index in [0.717, 1.165) is 18.5 Å². The van der Waals surface area contributed by atoms with Crippen LogP contribution in [0.2, 0.25) is 0 Å². The van der Waals surface area contributed by atoms with E-state index in [1.807, 2.05) is 18.2 Å². The summed E-state index contributed by atoms with van der Waals surface area (Å²) in [5, 5.41) is 20.6. The fourth-order valence-electron chi connectivity index (χ4n) is 1.46. The summed E-state index contributed by atoms with van der Waals surface area (Å²) in [6, 6.07) is 9.30. The maximum atomic E-state index is 8.47. The minimum atomic E-state index is -0.169. The Morgan fingerprint density at radius 2 is 1.93 bits per heavy atom. The zero-order valence-electron chi connectivity index (χ0n) is 7.99. The lowest BCUT2D eigenvalue weighted by Gasteiger charge is -2.18. The van der Waals surface area contributed by atoms with Crippen molar-refractivity contribution in [2.24, 2.45) is 5.10 Å². The van der Waals surface area contributed by atoms with Gasteiger partial charge in [0.1, 0.15) is 12.1 Å². The van der Waals surface area contributed by atoms with E-state index in [1.54, 1.807) is 12.1 Å². The van der Waals surface area contributed by atoms with Crippen molar-refractivity contribution in [1.82, 2.24) is 0 Å². The number of aryl methyl sites for hydroxylation is 2. The number of nitriles is 2. The second kappa shape index (κ2) is 3.81. The number of nitrogens with zero attached hydrogens (tertiary/aromatic N) is 3. The van der Waals surface area contributed by atoms with Crippen LogP contribution in [0.25, 0.3) is 0 Å². The van der Waals surface area contributed by atoms with E-state index < -0.39 is 0 Å². The monoisotopic (exact) mass is 196 g/mol. The van der Waals surface area contributed by atoms with E-state index in [-0.39, 0.29) is 5.71 Å². The van der Waals surface area contributed by atoms with Crippen LogP contribution in [0.15, 0.2) is 23.3 Å². The molecule has 0 heterocycles. The number of hydrazone groups is 1. The SMILES string of the molecule is N#CC(C#N)=NNc1ccc2c(c1)CC2. The summed E-state index contributed by atoms with van der Waals surface area (Å²) >= 11 is 0. The fraction of sp³-hybridized carbons (Fsp3) is 0.182. The molecule has 0 saturated carbocycles. The van der Waals surface area contributed by atoms with Gasteiger partial charge < -0.3 is 0 Å². The van der Waals surface area contributed by atoms with Crippen molar-refractivity contribution in [2.45, 2.75) is 12.8 Å². The molecule has 0 amide bonds. The molecule has 1 aromatic carbocycles. The van der Waals surface area contributed by atoms with Crippen molar-refractivity contribution >= 4 is 11.4 Å². The Balaban J connectivity index is 2.13. The van der Waals surface area contributed by atoms with Crippen LogP contribution in [0.3, 0.4) is 0 Å². The molecule has 0 bridgehead atoms. The first-order chi connectivity index (χ1) is 7.33. The molecule has 0 unspecified atom stereocenters. The molecule has 4 nitrogen and oxygen atoms in total. The van der Waals surface area contributed by atoms with Crippen molar-refractivity contribution in [3.63, 3.8) is 0 Å². The molecule has 72 valence electrons. The van der Waals surface area contributed by atoms with Crippen LogP contribution < -0.4 is 5.43 Å². The van der Waals surface area contributed by atoms with Crippen molar-refractivity contribution in [3.05, 3.63) is 29.3 Å². The van der Waals surface area contributed by atoms with Gasteiger partial charge in [-0.05, 0) is 36.1 Å². The van der Waals surface area contributed by atoms with Gasteiger partial charge in [-0.2, -0.15) is 15.6 Å². The van der Waals surface area contributed by atoms with Gasteiger partial charge in [-0.25, -0.2) is 0 Å². The van der Waals surface area contributed by atoms with Crippen LogP contribution in [0.1, 0.15) is 11.1 Å². The molecule has 4 heteroatoms. The Kier molecular flexibility index (Phi) is 2.35. The Labute approximate surface area is 87.5 Å². The van der Waals surface area contributed by atoms with Gasteiger partial charge in [-0.3, -0.25) is 5.43 Å². The second-order valence-corrected chi connectivity index (χ2v) is 3.28. The highest BCUT2D eigenvalue weighted by Gasteiger charge is 2.12. The maximum Gasteiger partial charge on any atom is 0.237 e. The highest BCUT2D eigenvalue weighted by atomic mass is 15.3. The summed E-state index contributed by atoms with van der Waals surface area (Å²) in [6.07, 6.45) is 2.23. The van der Waals surface area contributed by atoms with Gasteiger partial charge in [0.15, 0.2) is 0 Å². The first-order valence-electron chi connectivity index (χ1n) is 4.59. The number of nitrogens with one attached hydrogen (secondary N) is 1. The molecular formula is C11H8N4. The van der Waals surface area contributed by atoms with Crippen LogP contribution >= 0.6 is 0 Å². The van der Waals surface area contributed by atoms with Crippen LogP contribution in [0.4, 0.5) is 5.69 Å².